The van der Waals surface area contributed by atoms with E-state index in [-0.39, 0.29) is 0 Å². The zero-order valence-corrected chi connectivity index (χ0v) is 26.9. The maximum atomic E-state index is 6.37. The van der Waals surface area contributed by atoms with E-state index >= 15 is 0 Å². The van der Waals surface area contributed by atoms with E-state index in [1.165, 1.54) is 43.2 Å². The Morgan fingerprint density at radius 2 is 1.45 bits per heavy atom. The molecule has 3 nitrogen and oxygen atoms in total. The Morgan fingerprint density at radius 1 is 0.681 bits per heavy atom. The molecule has 0 unspecified atom stereocenters. The first-order chi connectivity index (χ1) is 23.2. The van der Waals surface area contributed by atoms with Crippen molar-refractivity contribution < 1.29 is 4.42 Å². The van der Waals surface area contributed by atoms with Gasteiger partial charge in [0.25, 0.3) is 0 Å². The van der Waals surface area contributed by atoms with Crippen LogP contribution < -0.4 is 4.90 Å². The molecule has 0 radical (unpaired) electrons. The van der Waals surface area contributed by atoms with Gasteiger partial charge in [0.2, 0.25) is 0 Å². The number of nitrogens with zero attached hydrogens (tertiary/aromatic N) is 2. The fourth-order valence-corrected chi connectivity index (χ4v) is 7.95. The Labute approximate surface area is 278 Å². The summed E-state index contributed by atoms with van der Waals surface area (Å²) in [5, 5.41) is 3.54. The molecule has 1 aliphatic rings. The van der Waals surface area contributed by atoms with E-state index in [4.69, 9.17) is 4.42 Å². The van der Waals surface area contributed by atoms with Crippen LogP contribution in [0, 0.1) is 6.92 Å². The van der Waals surface area contributed by atoms with Crippen LogP contribution in [0.2, 0.25) is 0 Å². The molecule has 226 valence electrons. The van der Waals surface area contributed by atoms with Crippen molar-refractivity contribution in [2.45, 2.75) is 29.6 Å². The Morgan fingerprint density at radius 3 is 2.32 bits per heavy atom. The molecule has 0 atom stereocenters. The Hall–Kier alpha value is -5.45. The molecule has 47 heavy (non-hydrogen) atoms. The van der Waals surface area contributed by atoms with Crippen molar-refractivity contribution in [1.82, 2.24) is 4.57 Å². The highest BCUT2D eigenvalue weighted by molar-refractivity contribution is 7.99. The first-order valence-corrected chi connectivity index (χ1v) is 17.0. The molecule has 0 fully saturated rings. The van der Waals surface area contributed by atoms with Gasteiger partial charge in [0, 0.05) is 43.3 Å². The fourth-order valence-electron chi connectivity index (χ4n) is 7.05. The summed E-state index contributed by atoms with van der Waals surface area (Å²) in [5.41, 5.74) is 11.5. The molecule has 2 aromatic heterocycles. The summed E-state index contributed by atoms with van der Waals surface area (Å²) < 4.78 is 8.78. The number of para-hydroxylation sites is 2. The molecule has 1 aliphatic carbocycles. The lowest BCUT2D eigenvalue weighted by Crippen LogP contribution is -2.10. The van der Waals surface area contributed by atoms with Gasteiger partial charge in [-0.25, -0.2) is 0 Å². The SMILES string of the molecule is Cc1ccccc1Sc1ccc(N(c2ccc3c(c2)c2c(n3-c3ccccc3)C=CCC2)c2cccc3oc4ccccc4c23)cc1. The molecule has 0 amide bonds. The summed E-state index contributed by atoms with van der Waals surface area (Å²) in [5.74, 6) is 0. The number of anilines is 3. The number of aromatic nitrogens is 1. The van der Waals surface area contributed by atoms with Crippen LogP contribution in [0.5, 0.6) is 0 Å². The minimum atomic E-state index is 0.888. The van der Waals surface area contributed by atoms with Crippen LogP contribution in [-0.4, -0.2) is 4.57 Å². The van der Waals surface area contributed by atoms with Crippen molar-refractivity contribution in [2.75, 3.05) is 4.90 Å². The fraction of sp³-hybridized carbons (Fsp3) is 0.0698. The van der Waals surface area contributed by atoms with Gasteiger partial charge in [-0.2, -0.15) is 0 Å². The number of rotatable bonds is 6. The summed E-state index contributed by atoms with van der Waals surface area (Å²) in [6, 6.07) is 50.0. The van der Waals surface area contributed by atoms with E-state index in [1.54, 1.807) is 0 Å². The van der Waals surface area contributed by atoms with Gasteiger partial charge >= 0.3 is 0 Å². The zero-order chi connectivity index (χ0) is 31.3. The van der Waals surface area contributed by atoms with Crippen LogP contribution in [0.1, 0.15) is 23.2 Å². The third-order valence-electron chi connectivity index (χ3n) is 9.24. The van der Waals surface area contributed by atoms with Gasteiger partial charge in [0.15, 0.2) is 0 Å². The van der Waals surface area contributed by atoms with Crippen LogP contribution in [0.15, 0.2) is 160 Å². The Bertz CT molecular complexity index is 2450. The first kappa shape index (κ1) is 27.8. The number of benzene rings is 6. The quantitative estimate of drug-likeness (QED) is 0.184. The summed E-state index contributed by atoms with van der Waals surface area (Å²) in [6.45, 7) is 2.17. The van der Waals surface area contributed by atoms with E-state index in [0.717, 1.165) is 51.8 Å². The smallest absolute Gasteiger partial charge is 0.137 e. The standard InChI is InChI=1S/C43H32N2OS/c1-29-12-5-10-21-42(29)47-33-25-22-31(23-26-33)44(39-18-11-20-41-43(39)35-16-7-9-19-40(35)46-41)32-24-27-38-36(28-32)34-15-6-8-17-37(34)45(38)30-13-3-2-4-14-30/h2-5,7-14,16-28H,6,15H2,1H3. The lowest BCUT2D eigenvalue weighted by molar-refractivity contribution is 0.669. The highest BCUT2D eigenvalue weighted by Crippen LogP contribution is 2.45. The number of hydrogen-bond donors (Lipinski definition) is 0. The monoisotopic (exact) mass is 624 g/mol. The van der Waals surface area contributed by atoms with Crippen molar-refractivity contribution in [2.24, 2.45) is 0 Å². The molecule has 6 aromatic carbocycles. The van der Waals surface area contributed by atoms with Gasteiger partial charge in [-0.05, 0) is 116 Å². The third kappa shape index (κ3) is 4.76. The maximum Gasteiger partial charge on any atom is 0.137 e. The number of fused-ring (bicyclic) bond motifs is 6. The van der Waals surface area contributed by atoms with Crippen LogP contribution in [0.25, 0.3) is 44.6 Å². The number of allylic oxidation sites excluding steroid dienone is 1. The van der Waals surface area contributed by atoms with Crippen molar-refractivity contribution in [3.63, 3.8) is 0 Å². The van der Waals surface area contributed by atoms with E-state index in [1.807, 2.05) is 17.8 Å². The van der Waals surface area contributed by atoms with E-state index in [0.29, 0.717) is 0 Å². The average molecular weight is 625 g/mol. The highest BCUT2D eigenvalue weighted by Gasteiger charge is 2.23. The summed E-state index contributed by atoms with van der Waals surface area (Å²) in [6.07, 6.45) is 6.68. The molecular formula is C43H32N2OS. The molecule has 0 bridgehead atoms. The molecule has 0 aliphatic heterocycles. The summed E-state index contributed by atoms with van der Waals surface area (Å²) in [7, 11) is 0. The molecule has 8 aromatic rings. The minimum Gasteiger partial charge on any atom is -0.456 e. The van der Waals surface area contributed by atoms with Gasteiger partial charge in [0.1, 0.15) is 11.2 Å². The van der Waals surface area contributed by atoms with Crippen LogP contribution in [0.3, 0.4) is 0 Å². The summed E-state index contributed by atoms with van der Waals surface area (Å²) in [4.78, 5) is 4.89. The van der Waals surface area contributed by atoms with Gasteiger partial charge in [0.05, 0.1) is 16.6 Å². The minimum absolute atomic E-state index is 0.888. The second-order valence-corrected chi connectivity index (χ2v) is 13.2. The summed E-state index contributed by atoms with van der Waals surface area (Å²) >= 11 is 1.81. The number of furan rings is 1. The molecule has 0 N–H and O–H groups in total. The van der Waals surface area contributed by atoms with Crippen LogP contribution in [0.4, 0.5) is 17.1 Å². The van der Waals surface area contributed by atoms with Crippen LogP contribution >= 0.6 is 11.8 Å². The Balaban J connectivity index is 1.25. The molecule has 0 saturated heterocycles. The molecule has 2 heterocycles. The third-order valence-corrected chi connectivity index (χ3v) is 10.4. The maximum absolute atomic E-state index is 6.37. The molecule has 9 rings (SSSR count). The van der Waals surface area contributed by atoms with Crippen molar-refractivity contribution >= 4 is 67.7 Å². The topological polar surface area (TPSA) is 21.3 Å². The van der Waals surface area contributed by atoms with Gasteiger partial charge in [-0.3, -0.25) is 0 Å². The molecule has 0 saturated carbocycles. The van der Waals surface area contributed by atoms with Gasteiger partial charge in [-0.1, -0.05) is 78.5 Å². The number of hydrogen-bond acceptors (Lipinski definition) is 3. The normalized spacial score (nSPS) is 12.6. The molecule has 0 spiro atoms. The average Bonchev–Trinajstić information content (AvgIpc) is 3.67. The van der Waals surface area contributed by atoms with Crippen molar-refractivity contribution in [1.29, 1.82) is 0 Å². The largest absolute Gasteiger partial charge is 0.456 e. The second kappa shape index (κ2) is 11.4. The predicted octanol–water partition coefficient (Wildman–Crippen LogP) is 12.4. The van der Waals surface area contributed by atoms with Crippen molar-refractivity contribution in [3.05, 3.63) is 162 Å². The lowest BCUT2D eigenvalue weighted by Gasteiger charge is -2.26. The lowest BCUT2D eigenvalue weighted by atomic mass is 10.00. The molecular weight excluding hydrogens is 593 g/mol. The second-order valence-electron chi connectivity index (χ2n) is 12.1. The zero-order valence-electron chi connectivity index (χ0n) is 26.1. The highest BCUT2D eigenvalue weighted by atomic mass is 32.2. The molecule has 4 heteroatoms. The predicted molar refractivity (Wildman–Crippen MR) is 198 cm³/mol. The van der Waals surface area contributed by atoms with Gasteiger partial charge in [-0.15, -0.1) is 0 Å². The number of aryl methyl sites for hydroxylation is 2. The van der Waals surface area contributed by atoms with Crippen LogP contribution in [-0.2, 0) is 6.42 Å². The van der Waals surface area contributed by atoms with E-state index in [2.05, 4.69) is 162 Å². The Kier molecular flexibility index (Phi) is 6.76. The van der Waals surface area contributed by atoms with Gasteiger partial charge < -0.3 is 13.9 Å². The van der Waals surface area contributed by atoms with Crippen molar-refractivity contribution in [3.8, 4) is 5.69 Å². The van der Waals surface area contributed by atoms with E-state index in [9.17, 15) is 0 Å². The van der Waals surface area contributed by atoms with E-state index < -0.39 is 0 Å². The first-order valence-electron chi connectivity index (χ1n) is 16.2.